The summed E-state index contributed by atoms with van der Waals surface area (Å²) in [6.45, 7) is 3.25. The van der Waals surface area contributed by atoms with Gasteiger partial charge in [0.15, 0.2) is 16.6 Å². The van der Waals surface area contributed by atoms with Crippen molar-refractivity contribution < 1.29 is 28.6 Å². The van der Waals surface area contributed by atoms with E-state index in [1.807, 2.05) is 6.92 Å². The Bertz CT molecular complexity index is 920. The lowest BCUT2D eigenvalue weighted by Crippen LogP contribution is -2.68. The van der Waals surface area contributed by atoms with Crippen LogP contribution in [0.25, 0.3) is 0 Å². The fraction of sp³-hybridized carbons (Fsp3) is 0.667. The fourth-order valence-electron chi connectivity index (χ4n) is 6.90. The number of aliphatic hydroxyl groups is 2. The van der Waals surface area contributed by atoms with Crippen LogP contribution in [0, 0.1) is 40.4 Å². The lowest BCUT2D eigenvalue weighted by molar-refractivity contribution is -0.201. The third kappa shape index (κ3) is 3.17. The third-order valence-corrected chi connectivity index (χ3v) is 9.26. The first-order valence-electron chi connectivity index (χ1n) is 10.8. The molecule has 7 heteroatoms. The Morgan fingerprint density at radius 3 is 2.74 bits per heavy atom. The molecular formula is C24H28F2O4S. The minimum Gasteiger partial charge on any atom is -0.390 e. The van der Waals surface area contributed by atoms with Gasteiger partial charge in [-0.1, -0.05) is 36.6 Å². The van der Waals surface area contributed by atoms with E-state index in [1.54, 1.807) is 6.92 Å². The topological polar surface area (TPSA) is 74.6 Å². The molecule has 168 valence electrons. The number of rotatable bonds is 2. The summed E-state index contributed by atoms with van der Waals surface area (Å²) in [6.07, 6.45) is 2.26. The quantitative estimate of drug-likeness (QED) is 0.632. The number of carbonyl (C=O) groups excluding carboxylic acids is 2. The van der Waals surface area contributed by atoms with E-state index < -0.39 is 34.7 Å². The van der Waals surface area contributed by atoms with E-state index in [-0.39, 0.29) is 53.5 Å². The van der Waals surface area contributed by atoms with Crippen LogP contribution in [0.3, 0.4) is 0 Å². The Labute approximate surface area is 185 Å². The molecule has 2 N–H and O–H groups in total. The number of ketones is 1. The Kier molecular flexibility index (Phi) is 5.73. The molecule has 4 nitrogen and oxygen atoms in total. The lowest BCUT2D eigenvalue weighted by Gasteiger charge is -2.62. The molecular weight excluding hydrogens is 422 g/mol. The molecule has 0 amide bonds. The highest BCUT2D eigenvalue weighted by Gasteiger charge is 2.72. The van der Waals surface area contributed by atoms with Gasteiger partial charge in [0.1, 0.15) is 12.8 Å². The predicted molar refractivity (Wildman–Crippen MR) is 114 cm³/mol. The molecule has 3 fully saturated rings. The van der Waals surface area contributed by atoms with Crippen molar-refractivity contribution in [1.82, 2.24) is 0 Å². The first-order chi connectivity index (χ1) is 14.6. The second-order valence-electron chi connectivity index (χ2n) is 9.70. The standard InChI is InChI=1S/C24H28F2O4S/c1-22-13-20(29)24(26)17(12-19(25)18-11-14(28)7-8-23(18,24)2)15(22)5-6-16(22)21(30)31-10-4-3-9-27/h7-8,11,15-17,19-20,27,29H,5-6,9-10,12-13H2,1-2H3/t15?,16?,17?,19-,20?,22?,23?,24-/m0/s1. The molecule has 0 heterocycles. The van der Waals surface area contributed by atoms with Crippen LogP contribution in [0.15, 0.2) is 23.8 Å². The van der Waals surface area contributed by atoms with Crippen molar-refractivity contribution in [3.63, 3.8) is 0 Å². The molecule has 4 aliphatic carbocycles. The van der Waals surface area contributed by atoms with E-state index in [0.29, 0.717) is 12.8 Å². The van der Waals surface area contributed by atoms with Crippen molar-refractivity contribution in [2.45, 2.75) is 57.5 Å². The van der Waals surface area contributed by atoms with Gasteiger partial charge < -0.3 is 10.2 Å². The Morgan fingerprint density at radius 2 is 2.03 bits per heavy atom. The third-order valence-electron chi connectivity index (χ3n) is 8.40. The monoisotopic (exact) mass is 450 g/mol. The molecule has 0 aliphatic heterocycles. The van der Waals surface area contributed by atoms with E-state index in [0.717, 1.165) is 11.8 Å². The lowest BCUT2D eigenvalue weighted by atomic mass is 9.45. The minimum absolute atomic E-state index is 0.0432. The fourth-order valence-corrected chi connectivity index (χ4v) is 7.81. The number of thioether (sulfide) groups is 1. The van der Waals surface area contributed by atoms with Crippen molar-refractivity contribution in [2.24, 2.45) is 28.6 Å². The van der Waals surface area contributed by atoms with Gasteiger partial charge in [-0.3, -0.25) is 9.59 Å². The second-order valence-corrected chi connectivity index (χ2v) is 10.7. The van der Waals surface area contributed by atoms with Crippen LogP contribution >= 0.6 is 11.8 Å². The zero-order chi connectivity index (χ0) is 22.6. The molecule has 0 saturated heterocycles. The van der Waals surface area contributed by atoms with E-state index in [9.17, 15) is 14.7 Å². The molecule has 6 unspecified atom stereocenters. The highest BCUT2D eigenvalue weighted by molar-refractivity contribution is 8.13. The van der Waals surface area contributed by atoms with Gasteiger partial charge >= 0.3 is 0 Å². The van der Waals surface area contributed by atoms with Crippen molar-refractivity contribution in [1.29, 1.82) is 0 Å². The van der Waals surface area contributed by atoms with Crippen LogP contribution < -0.4 is 0 Å². The number of carbonyl (C=O) groups is 2. The van der Waals surface area contributed by atoms with Crippen molar-refractivity contribution >= 4 is 22.7 Å². The van der Waals surface area contributed by atoms with Crippen LogP contribution in [0.5, 0.6) is 0 Å². The summed E-state index contributed by atoms with van der Waals surface area (Å²) in [5.74, 6) is 3.81. The van der Waals surface area contributed by atoms with Gasteiger partial charge in [-0.25, -0.2) is 8.78 Å². The molecule has 0 aromatic carbocycles. The van der Waals surface area contributed by atoms with Crippen LogP contribution in [0.1, 0.15) is 39.5 Å². The molecule has 0 radical (unpaired) electrons. The molecule has 4 aliphatic rings. The molecule has 8 atom stereocenters. The molecule has 0 aromatic heterocycles. The maximum absolute atomic E-state index is 16.9. The van der Waals surface area contributed by atoms with E-state index in [1.165, 1.54) is 18.2 Å². The van der Waals surface area contributed by atoms with Crippen LogP contribution in [-0.4, -0.2) is 51.4 Å². The first kappa shape index (κ1) is 22.7. The number of fused-ring (bicyclic) bond motifs is 5. The molecule has 0 aromatic rings. The maximum Gasteiger partial charge on any atom is 0.193 e. The molecule has 3 saturated carbocycles. The molecule has 31 heavy (non-hydrogen) atoms. The maximum atomic E-state index is 16.9. The van der Waals surface area contributed by atoms with Crippen LogP contribution in [-0.2, 0) is 9.59 Å². The average molecular weight is 451 g/mol. The Morgan fingerprint density at radius 1 is 1.29 bits per heavy atom. The smallest absolute Gasteiger partial charge is 0.193 e. The molecule has 0 bridgehead atoms. The van der Waals surface area contributed by atoms with Gasteiger partial charge in [0.05, 0.1) is 11.9 Å². The van der Waals surface area contributed by atoms with Gasteiger partial charge in [-0.15, -0.1) is 0 Å². The second kappa shape index (κ2) is 7.83. The highest BCUT2D eigenvalue weighted by Crippen LogP contribution is 2.69. The Balaban J connectivity index is 1.66. The SMILES string of the molecule is CC12CC(O)[C@@]3(F)C(C[C@H](F)C4=CC(=O)C=CC43C)C1CCC2C(=O)SCC#CCO. The summed E-state index contributed by atoms with van der Waals surface area (Å²) < 4.78 is 32.2. The summed E-state index contributed by atoms with van der Waals surface area (Å²) in [7, 11) is 0. The summed E-state index contributed by atoms with van der Waals surface area (Å²) >= 11 is 1.08. The number of hydrogen-bond donors (Lipinski definition) is 2. The van der Waals surface area contributed by atoms with E-state index in [4.69, 9.17) is 5.11 Å². The van der Waals surface area contributed by atoms with E-state index >= 15 is 8.78 Å². The van der Waals surface area contributed by atoms with Gasteiger partial charge in [0, 0.05) is 17.3 Å². The van der Waals surface area contributed by atoms with E-state index in [2.05, 4.69) is 11.8 Å². The minimum atomic E-state index is -2.10. The molecule has 0 spiro atoms. The van der Waals surface area contributed by atoms with Gasteiger partial charge in [0.2, 0.25) is 0 Å². The van der Waals surface area contributed by atoms with Gasteiger partial charge in [-0.05, 0) is 61.7 Å². The zero-order valence-corrected chi connectivity index (χ0v) is 18.6. The zero-order valence-electron chi connectivity index (χ0n) is 17.7. The number of aliphatic hydroxyl groups excluding tert-OH is 2. The summed E-state index contributed by atoms with van der Waals surface area (Å²) in [5, 5.41) is 19.9. The van der Waals surface area contributed by atoms with Crippen LogP contribution in [0.4, 0.5) is 8.78 Å². The normalized spacial score (nSPS) is 45.7. The number of hydrogen-bond acceptors (Lipinski definition) is 5. The van der Waals surface area contributed by atoms with Crippen molar-refractivity contribution in [3.05, 3.63) is 23.8 Å². The van der Waals surface area contributed by atoms with Crippen molar-refractivity contribution in [2.75, 3.05) is 12.4 Å². The summed E-state index contributed by atoms with van der Waals surface area (Å²) in [4.78, 5) is 24.8. The largest absolute Gasteiger partial charge is 0.390 e. The van der Waals surface area contributed by atoms with Gasteiger partial charge in [0.25, 0.3) is 0 Å². The first-order valence-corrected chi connectivity index (χ1v) is 11.8. The van der Waals surface area contributed by atoms with Crippen LogP contribution in [0.2, 0.25) is 0 Å². The average Bonchev–Trinajstić information content (AvgIpc) is 3.05. The summed E-state index contributed by atoms with van der Waals surface area (Å²) in [5.41, 5.74) is -3.99. The number of allylic oxidation sites excluding steroid dienone is 4. The number of alkyl halides is 2. The van der Waals surface area contributed by atoms with Crippen molar-refractivity contribution in [3.8, 4) is 11.8 Å². The number of halogens is 2. The van der Waals surface area contributed by atoms with Gasteiger partial charge in [-0.2, -0.15) is 0 Å². The highest BCUT2D eigenvalue weighted by atomic mass is 32.2. The summed E-state index contributed by atoms with van der Waals surface area (Å²) in [6, 6.07) is 0. The molecule has 4 rings (SSSR count). The Hall–Kier alpha value is -1.49. The predicted octanol–water partition coefficient (Wildman–Crippen LogP) is 3.18.